The van der Waals surface area contributed by atoms with E-state index in [1.807, 2.05) is 25.7 Å². The van der Waals surface area contributed by atoms with Crippen LogP contribution in [0.4, 0.5) is 4.79 Å². The second kappa shape index (κ2) is 7.85. The van der Waals surface area contributed by atoms with Crippen LogP contribution in [-0.4, -0.2) is 42.3 Å². The smallest absolute Gasteiger partial charge is 0.410 e. The van der Waals surface area contributed by atoms with Crippen molar-refractivity contribution in [2.45, 2.75) is 58.6 Å². The van der Waals surface area contributed by atoms with Gasteiger partial charge in [0.05, 0.1) is 0 Å². The second-order valence-electron chi connectivity index (χ2n) is 5.67. The number of nitrogens with zero attached hydrogens (tertiary/aromatic N) is 1. The molecule has 0 saturated carbocycles. The van der Waals surface area contributed by atoms with Gasteiger partial charge in [0.15, 0.2) is 0 Å². The molecule has 0 aliphatic carbocycles. The first-order chi connectivity index (χ1) is 7.94. The average Bonchev–Trinajstić information content (AvgIpc) is 2.24. The van der Waals surface area contributed by atoms with Gasteiger partial charge >= 0.3 is 6.09 Å². The van der Waals surface area contributed by atoms with Gasteiger partial charge in [-0.3, -0.25) is 0 Å². The fourth-order valence-corrected chi connectivity index (χ4v) is 2.02. The van der Waals surface area contributed by atoms with Gasteiger partial charge in [0.1, 0.15) is 5.60 Å². The number of halogens is 1. The molecule has 1 N–H and O–H groups in total. The topological polar surface area (TPSA) is 41.6 Å². The molecule has 18 heavy (non-hydrogen) atoms. The Morgan fingerprint density at radius 2 is 2.11 bits per heavy atom. The van der Waals surface area contributed by atoms with Crippen LogP contribution in [0.3, 0.4) is 0 Å². The average molecular weight is 279 g/mol. The normalized spacial score (nSPS) is 20.2. The van der Waals surface area contributed by atoms with Crippen LogP contribution in [0.1, 0.15) is 47.0 Å². The minimum Gasteiger partial charge on any atom is -0.444 e. The number of hydrogen-bond donors (Lipinski definition) is 1. The number of piperazine rings is 1. The fourth-order valence-electron chi connectivity index (χ4n) is 2.02. The van der Waals surface area contributed by atoms with E-state index < -0.39 is 5.60 Å². The summed E-state index contributed by atoms with van der Waals surface area (Å²) in [7, 11) is 0. The van der Waals surface area contributed by atoms with Gasteiger partial charge < -0.3 is 15.0 Å². The van der Waals surface area contributed by atoms with Crippen LogP contribution >= 0.6 is 12.4 Å². The molecule has 0 aromatic carbocycles. The Hall–Kier alpha value is -0.480. The van der Waals surface area contributed by atoms with E-state index in [-0.39, 0.29) is 18.5 Å². The monoisotopic (exact) mass is 278 g/mol. The minimum atomic E-state index is -0.405. The molecule has 1 rings (SSSR count). The Balaban J connectivity index is 0.00000289. The third-order valence-corrected chi connectivity index (χ3v) is 2.87. The number of carbonyl (C=O) groups excluding carboxylic acids is 1. The quantitative estimate of drug-likeness (QED) is 0.863. The number of unbranched alkanes of at least 4 members (excludes halogenated alkanes) is 1. The maximum Gasteiger partial charge on any atom is 0.410 e. The van der Waals surface area contributed by atoms with Crippen molar-refractivity contribution in [3.63, 3.8) is 0 Å². The molecular weight excluding hydrogens is 252 g/mol. The molecule has 108 valence electrons. The van der Waals surface area contributed by atoms with E-state index in [0.717, 1.165) is 32.5 Å². The zero-order valence-corrected chi connectivity index (χ0v) is 12.8. The van der Waals surface area contributed by atoms with Crippen LogP contribution in [-0.2, 0) is 4.74 Å². The standard InChI is InChI=1S/C13H26N2O2.ClH/c1-5-6-7-11-10-14-8-9-15(11)12(16)17-13(2,3)4;/h11,14H,5-10H2,1-4H3;1H/t11-;/m1./s1. The molecule has 1 fully saturated rings. The van der Waals surface area contributed by atoms with Crippen LogP contribution in [0.25, 0.3) is 0 Å². The molecule has 1 atom stereocenters. The summed E-state index contributed by atoms with van der Waals surface area (Å²) in [5, 5.41) is 3.34. The predicted octanol–water partition coefficient (Wildman–Crippen LogP) is 2.81. The van der Waals surface area contributed by atoms with Crippen molar-refractivity contribution in [1.29, 1.82) is 0 Å². The van der Waals surface area contributed by atoms with Gasteiger partial charge in [0.2, 0.25) is 0 Å². The molecule has 0 bridgehead atoms. The highest BCUT2D eigenvalue weighted by Gasteiger charge is 2.29. The predicted molar refractivity (Wildman–Crippen MR) is 76.4 cm³/mol. The molecule has 1 aliphatic heterocycles. The van der Waals surface area contributed by atoms with Gasteiger partial charge in [-0.1, -0.05) is 19.8 Å². The summed E-state index contributed by atoms with van der Waals surface area (Å²) >= 11 is 0. The second-order valence-corrected chi connectivity index (χ2v) is 5.67. The van der Waals surface area contributed by atoms with E-state index >= 15 is 0 Å². The first kappa shape index (κ1) is 17.5. The van der Waals surface area contributed by atoms with Gasteiger partial charge in [-0.2, -0.15) is 0 Å². The zero-order chi connectivity index (χ0) is 12.9. The molecule has 0 aromatic heterocycles. The van der Waals surface area contributed by atoms with Crippen LogP contribution < -0.4 is 5.32 Å². The summed E-state index contributed by atoms with van der Waals surface area (Å²) in [6.07, 6.45) is 3.22. The summed E-state index contributed by atoms with van der Waals surface area (Å²) in [4.78, 5) is 13.9. The first-order valence-electron chi connectivity index (χ1n) is 6.64. The number of ether oxygens (including phenoxy) is 1. The van der Waals surface area contributed by atoms with Crippen molar-refractivity contribution >= 4 is 18.5 Å². The van der Waals surface area contributed by atoms with Crippen LogP contribution in [0.2, 0.25) is 0 Å². The van der Waals surface area contributed by atoms with E-state index in [0.29, 0.717) is 6.04 Å². The zero-order valence-electron chi connectivity index (χ0n) is 12.0. The number of amides is 1. The molecule has 1 amide bonds. The third kappa shape index (κ3) is 5.91. The van der Waals surface area contributed by atoms with E-state index in [2.05, 4.69) is 12.2 Å². The van der Waals surface area contributed by atoms with E-state index in [9.17, 15) is 4.79 Å². The molecular formula is C13H27ClN2O2. The molecule has 0 spiro atoms. The lowest BCUT2D eigenvalue weighted by Crippen LogP contribution is -2.54. The summed E-state index contributed by atoms with van der Waals surface area (Å²) < 4.78 is 5.45. The molecule has 0 unspecified atom stereocenters. The molecule has 1 aliphatic rings. The maximum absolute atomic E-state index is 12.1. The first-order valence-corrected chi connectivity index (χ1v) is 6.64. The van der Waals surface area contributed by atoms with Gasteiger partial charge in [-0.25, -0.2) is 4.79 Å². The summed E-state index contributed by atoms with van der Waals surface area (Å²) in [5.74, 6) is 0. The van der Waals surface area contributed by atoms with Crippen molar-refractivity contribution < 1.29 is 9.53 Å². The Bertz CT molecular complexity index is 254. The van der Waals surface area contributed by atoms with E-state index in [1.165, 1.54) is 6.42 Å². The Morgan fingerprint density at radius 1 is 1.44 bits per heavy atom. The van der Waals surface area contributed by atoms with Crippen molar-refractivity contribution in [3.8, 4) is 0 Å². The highest BCUT2D eigenvalue weighted by atomic mass is 35.5. The molecule has 5 heteroatoms. The van der Waals surface area contributed by atoms with Gasteiger partial charge in [0.25, 0.3) is 0 Å². The third-order valence-electron chi connectivity index (χ3n) is 2.87. The number of nitrogens with one attached hydrogen (secondary N) is 1. The summed E-state index contributed by atoms with van der Waals surface area (Å²) in [6, 6.07) is 0.290. The van der Waals surface area contributed by atoms with Crippen LogP contribution in [0.5, 0.6) is 0 Å². The summed E-state index contributed by atoms with van der Waals surface area (Å²) in [6.45, 7) is 10.4. The van der Waals surface area contributed by atoms with Crippen LogP contribution in [0, 0.1) is 0 Å². The Morgan fingerprint density at radius 3 is 2.67 bits per heavy atom. The van der Waals surface area contributed by atoms with Crippen LogP contribution in [0.15, 0.2) is 0 Å². The van der Waals surface area contributed by atoms with Crippen molar-refractivity contribution in [3.05, 3.63) is 0 Å². The van der Waals surface area contributed by atoms with Crippen molar-refractivity contribution in [2.24, 2.45) is 0 Å². The maximum atomic E-state index is 12.1. The van der Waals surface area contributed by atoms with E-state index in [4.69, 9.17) is 4.74 Å². The van der Waals surface area contributed by atoms with Crippen molar-refractivity contribution in [2.75, 3.05) is 19.6 Å². The number of carbonyl (C=O) groups is 1. The fraction of sp³-hybridized carbons (Fsp3) is 0.923. The Labute approximate surface area is 117 Å². The number of hydrogen-bond acceptors (Lipinski definition) is 3. The lowest BCUT2D eigenvalue weighted by molar-refractivity contribution is 0.0110. The largest absolute Gasteiger partial charge is 0.444 e. The highest BCUT2D eigenvalue weighted by molar-refractivity contribution is 5.85. The minimum absolute atomic E-state index is 0. The molecule has 0 aromatic rings. The lowest BCUT2D eigenvalue weighted by atomic mass is 10.1. The Kier molecular flexibility index (Phi) is 7.64. The van der Waals surface area contributed by atoms with E-state index in [1.54, 1.807) is 0 Å². The highest BCUT2D eigenvalue weighted by Crippen LogP contribution is 2.16. The van der Waals surface area contributed by atoms with Gasteiger partial charge in [0, 0.05) is 25.7 Å². The molecule has 1 heterocycles. The summed E-state index contributed by atoms with van der Waals surface area (Å²) in [5.41, 5.74) is -0.405. The molecule has 1 saturated heterocycles. The van der Waals surface area contributed by atoms with Gasteiger partial charge in [-0.05, 0) is 27.2 Å². The number of rotatable bonds is 3. The molecule has 0 radical (unpaired) electrons. The van der Waals surface area contributed by atoms with Crippen molar-refractivity contribution in [1.82, 2.24) is 10.2 Å². The molecule has 4 nitrogen and oxygen atoms in total. The lowest BCUT2D eigenvalue weighted by Gasteiger charge is -2.37. The van der Waals surface area contributed by atoms with Gasteiger partial charge in [-0.15, -0.1) is 12.4 Å². The SMILES string of the molecule is CCCC[C@@H]1CNCCN1C(=O)OC(C)(C)C.Cl.